The Balaban J connectivity index is 1.74. The smallest absolute Gasteiger partial charge is 0.255 e. The van der Waals surface area contributed by atoms with Crippen LogP contribution in [0, 0.1) is 0 Å². The zero-order chi connectivity index (χ0) is 20.8. The molecule has 1 saturated heterocycles. The van der Waals surface area contributed by atoms with Gasteiger partial charge in [-0.3, -0.25) is 14.4 Å². The van der Waals surface area contributed by atoms with Gasteiger partial charge in [0.05, 0.1) is 11.9 Å². The quantitative estimate of drug-likeness (QED) is 0.721. The molecule has 1 aliphatic rings. The average molecular weight is 395 g/mol. The van der Waals surface area contributed by atoms with Crippen LogP contribution >= 0.6 is 0 Å². The monoisotopic (exact) mass is 395 g/mol. The molecule has 2 aromatic rings. The van der Waals surface area contributed by atoms with Crippen molar-refractivity contribution in [1.82, 2.24) is 4.98 Å². The SMILES string of the molecule is CC(=O)Nc1cc(NC(C)=O)cc(C(=O)Nc2ccc(N3CCCCC3)nc2)c1. The van der Waals surface area contributed by atoms with Gasteiger partial charge in [0.1, 0.15) is 5.82 Å². The van der Waals surface area contributed by atoms with Gasteiger partial charge in [0.2, 0.25) is 11.8 Å². The first-order valence-corrected chi connectivity index (χ1v) is 9.63. The van der Waals surface area contributed by atoms with Gasteiger partial charge in [0.15, 0.2) is 0 Å². The highest BCUT2D eigenvalue weighted by atomic mass is 16.2. The van der Waals surface area contributed by atoms with Crippen molar-refractivity contribution < 1.29 is 14.4 Å². The Morgan fingerprint density at radius 3 is 1.97 bits per heavy atom. The molecule has 152 valence electrons. The van der Waals surface area contributed by atoms with Crippen LogP contribution in [-0.2, 0) is 9.59 Å². The number of pyridine rings is 1. The molecule has 1 aliphatic heterocycles. The van der Waals surface area contributed by atoms with E-state index in [2.05, 4.69) is 25.8 Å². The molecule has 0 saturated carbocycles. The van der Waals surface area contributed by atoms with Crippen LogP contribution in [0.25, 0.3) is 0 Å². The Labute approximate surface area is 169 Å². The van der Waals surface area contributed by atoms with E-state index in [-0.39, 0.29) is 17.7 Å². The predicted molar refractivity (Wildman–Crippen MR) is 113 cm³/mol. The van der Waals surface area contributed by atoms with Crippen molar-refractivity contribution >= 4 is 40.6 Å². The van der Waals surface area contributed by atoms with E-state index in [0.29, 0.717) is 22.6 Å². The van der Waals surface area contributed by atoms with E-state index < -0.39 is 0 Å². The molecule has 0 radical (unpaired) electrons. The van der Waals surface area contributed by atoms with E-state index in [0.717, 1.165) is 18.9 Å². The minimum absolute atomic E-state index is 0.270. The third-order valence-electron chi connectivity index (χ3n) is 4.52. The minimum atomic E-state index is -0.365. The zero-order valence-corrected chi connectivity index (χ0v) is 16.6. The number of rotatable bonds is 5. The van der Waals surface area contributed by atoms with E-state index in [9.17, 15) is 14.4 Å². The number of hydrogen-bond acceptors (Lipinski definition) is 5. The number of aromatic nitrogens is 1. The topological polar surface area (TPSA) is 103 Å². The Morgan fingerprint density at radius 2 is 1.45 bits per heavy atom. The molecule has 0 bridgehead atoms. The number of piperidine rings is 1. The van der Waals surface area contributed by atoms with Crippen LogP contribution in [0.1, 0.15) is 43.5 Å². The van der Waals surface area contributed by atoms with Crippen molar-refractivity contribution in [3.05, 3.63) is 42.1 Å². The predicted octanol–water partition coefficient (Wildman–Crippen LogP) is 3.24. The lowest BCUT2D eigenvalue weighted by Crippen LogP contribution is -2.30. The summed E-state index contributed by atoms with van der Waals surface area (Å²) in [5.74, 6) is 0.00212. The van der Waals surface area contributed by atoms with Crippen LogP contribution in [-0.4, -0.2) is 35.8 Å². The summed E-state index contributed by atoms with van der Waals surface area (Å²) in [6.07, 6.45) is 5.22. The van der Waals surface area contributed by atoms with Gasteiger partial charge in [0, 0.05) is 43.9 Å². The molecule has 1 aromatic carbocycles. The van der Waals surface area contributed by atoms with Crippen molar-refractivity contribution in [2.75, 3.05) is 33.9 Å². The third kappa shape index (κ3) is 5.78. The lowest BCUT2D eigenvalue weighted by molar-refractivity contribution is -0.115. The van der Waals surface area contributed by atoms with Crippen LogP contribution in [0.5, 0.6) is 0 Å². The van der Waals surface area contributed by atoms with Crippen LogP contribution in [0.4, 0.5) is 22.9 Å². The molecule has 2 heterocycles. The second kappa shape index (κ2) is 9.18. The van der Waals surface area contributed by atoms with E-state index in [4.69, 9.17) is 0 Å². The number of nitrogens with zero attached hydrogens (tertiary/aromatic N) is 2. The standard InChI is InChI=1S/C21H25N5O3/c1-14(27)23-18-10-16(11-19(12-18)24-15(2)28)21(29)25-17-6-7-20(22-13-17)26-8-4-3-5-9-26/h6-7,10-13H,3-5,8-9H2,1-2H3,(H,23,27)(H,24,28)(H,25,29). The fourth-order valence-electron chi connectivity index (χ4n) is 3.28. The summed E-state index contributed by atoms with van der Waals surface area (Å²) in [4.78, 5) is 42.1. The molecule has 1 aromatic heterocycles. The van der Waals surface area contributed by atoms with E-state index >= 15 is 0 Å². The number of amides is 3. The Kier molecular flexibility index (Phi) is 6.43. The summed E-state index contributed by atoms with van der Waals surface area (Å²) in [5, 5.41) is 8.07. The lowest BCUT2D eigenvalue weighted by Gasteiger charge is -2.27. The average Bonchev–Trinajstić information content (AvgIpc) is 2.68. The van der Waals surface area contributed by atoms with Crippen LogP contribution in [0.15, 0.2) is 36.5 Å². The summed E-state index contributed by atoms with van der Waals surface area (Å²) in [7, 11) is 0. The van der Waals surface area contributed by atoms with Crippen LogP contribution < -0.4 is 20.9 Å². The van der Waals surface area contributed by atoms with Crippen LogP contribution in [0.3, 0.4) is 0 Å². The molecule has 0 aliphatic carbocycles. The van der Waals surface area contributed by atoms with Gasteiger partial charge < -0.3 is 20.9 Å². The summed E-state index contributed by atoms with van der Waals surface area (Å²) in [5.41, 5.74) is 1.72. The first kappa shape index (κ1) is 20.3. The van der Waals surface area contributed by atoms with Gasteiger partial charge in [-0.05, 0) is 49.6 Å². The molecule has 0 spiro atoms. The zero-order valence-electron chi connectivity index (χ0n) is 16.6. The molecule has 3 rings (SSSR count). The highest BCUT2D eigenvalue weighted by Crippen LogP contribution is 2.22. The molecule has 3 amide bonds. The first-order chi connectivity index (χ1) is 13.9. The van der Waals surface area contributed by atoms with Crippen molar-refractivity contribution in [2.24, 2.45) is 0 Å². The van der Waals surface area contributed by atoms with E-state index in [1.165, 1.54) is 33.1 Å². The van der Waals surface area contributed by atoms with Crippen molar-refractivity contribution in [2.45, 2.75) is 33.1 Å². The van der Waals surface area contributed by atoms with Crippen molar-refractivity contribution in [3.63, 3.8) is 0 Å². The van der Waals surface area contributed by atoms with Gasteiger partial charge in [-0.25, -0.2) is 4.98 Å². The molecule has 0 atom stereocenters. The molecular weight excluding hydrogens is 370 g/mol. The van der Waals surface area contributed by atoms with Gasteiger partial charge >= 0.3 is 0 Å². The summed E-state index contributed by atoms with van der Waals surface area (Å²) >= 11 is 0. The Hall–Kier alpha value is -3.42. The summed E-state index contributed by atoms with van der Waals surface area (Å²) < 4.78 is 0. The summed E-state index contributed by atoms with van der Waals surface area (Å²) in [6, 6.07) is 8.42. The summed E-state index contributed by atoms with van der Waals surface area (Å²) in [6.45, 7) is 4.75. The molecule has 1 fully saturated rings. The largest absolute Gasteiger partial charge is 0.357 e. The van der Waals surface area contributed by atoms with Crippen molar-refractivity contribution in [1.29, 1.82) is 0 Å². The molecule has 29 heavy (non-hydrogen) atoms. The van der Waals surface area contributed by atoms with Crippen molar-refractivity contribution in [3.8, 4) is 0 Å². The molecule has 3 N–H and O–H groups in total. The van der Waals surface area contributed by atoms with Gasteiger partial charge in [-0.2, -0.15) is 0 Å². The minimum Gasteiger partial charge on any atom is -0.357 e. The highest BCUT2D eigenvalue weighted by molar-refractivity contribution is 6.06. The van der Waals surface area contributed by atoms with Gasteiger partial charge in [-0.15, -0.1) is 0 Å². The number of carbonyl (C=O) groups excluding carboxylic acids is 3. The first-order valence-electron chi connectivity index (χ1n) is 9.63. The normalized spacial score (nSPS) is 13.5. The van der Waals surface area contributed by atoms with Crippen LogP contribution in [0.2, 0.25) is 0 Å². The number of nitrogens with one attached hydrogen (secondary N) is 3. The fraction of sp³-hybridized carbons (Fsp3) is 0.333. The Morgan fingerprint density at radius 1 is 0.828 bits per heavy atom. The van der Waals surface area contributed by atoms with Gasteiger partial charge in [0.25, 0.3) is 5.91 Å². The highest BCUT2D eigenvalue weighted by Gasteiger charge is 2.14. The number of anilines is 4. The second-order valence-electron chi connectivity index (χ2n) is 7.07. The van der Waals surface area contributed by atoms with Gasteiger partial charge in [-0.1, -0.05) is 0 Å². The maximum absolute atomic E-state index is 12.7. The third-order valence-corrected chi connectivity index (χ3v) is 4.52. The van der Waals surface area contributed by atoms with E-state index in [1.54, 1.807) is 24.4 Å². The maximum atomic E-state index is 12.7. The number of carbonyl (C=O) groups is 3. The lowest BCUT2D eigenvalue weighted by atomic mass is 10.1. The Bertz CT molecular complexity index is 871. The maximum Gasteiger partial charge on any atom is 0.255 e. The fourth-order valence-corrected chi connectivity index (χ4v) is 3.28. The number of benzene rings is 1. The molecular formula is C21H25N5O3. The molecule has 0 unspecified atom stereocenters. The molecule has 8 nitrogen and oxygen atoms in total. The number of hydrogen-bond donors (Lipinski definition) is 3. The second-order valence-corrected chi connectivity index (χ2v) is 7.07. The van der Waals surface area contributed by atoms with E-state index in [1.807, 2.05) is 12.1 Å². The molecule has 8 heteroatoms.